The largest absolute Gasteiger partial charge is 0.478 e. The van der Waals surface area contributed by atoms with E-state index < -0.39 is 37.2 Å². The van der Waals surface area contributed by atoms with E-state index in [-0.39, 0.29) is 16.8 Å². The molecule has 1 rings (SSSR count). The minimum absolute atomic E-state index is 0.0536. The predicted molar refractivity (Wildman–Crippen MR) is 69.3 cm³/mol. The molecule has 0 heterocycles. The molecule has 0 radical (unpaired) electrons. The molecule has 0 fully saturated rings. The van der Waals surface area contributed by atoms with Crippen LogP contribution in [0.25, 0.3) is 0 Å². The van der Waals surface area contributed by atoms with Gasteiger partial charge in [-0.3, -0.25) is 4.79 Å². The lowest BCUT2D eigenvalue weighted by Crippen LogP contribution is -2.57. The number of carboxylic acid groups (broad SMARTS) is 1. The summed E-state index contributed by atoms with van der Waals surface area (Å²) in [6.07, 6.45) is 0. The van der Waals surface area contributed by atoms with Gasteiger partial charge in [0.1, 0.15) is 5.54 Å². The zero-order chi connectivity index (χ0) is 15.3. The molecule has 1 amide bonds. The van der Waals surface area contributed by atoms with E-state index in [4.69, 9.17) is 26.2 Å². The monoisotopic (exact) mass is 284 g/mol. The van der Waals surface area contributed by atoms with Crippen molar-refractivity contribution in [1.29, 1.82) is 0 Å². The fraction of sp³-hybridized carbons (Fsp3) is 0.333. The number of nitrogens with one attached hydrogen (secondary N) is 1. The van der Waals surface area contributed by atoms with Crippen LogP contribution >= 0.6 is 0 Å². The van der Waals surface area contributed by atoms with Crippen LogP contribution in [-0.2, 0) is 0 Å². The van der Waals surface area contributed by atoms with Gasteiger partial charge in [0.25, 0.3) is 5.91 Å². The minimum atomic E-state index is -1.59. The molecule has 7 N–H and O–H groups in total. The Bertz CT molecular complexity index is 504. The summed E-state index contributed by atoms with van der Waals surface area (Å²) >= 11 is 0. The summed E-state index contributed by atoms with van der Waals surface area (Å²) in [5.74, 6) is -2.01. The number of aromatic carboxylic acids is 1. The Labute approximate surface area is 114 Å². The number of carbonyl (C=O) groups is 2. The van der Waals surface area contributed by atoms with Crippen molar-refractivity contribution in [2.45, 2.75) is 5.54 Å². The molecule has 0 saturated carbocycles. The molecule has 0 spiro atoms. The fourth-order valence-corrected chi connectivity index (χ4v) is 1.49. The van der Waals surface area contributed by atoms with Gasteiger partial charge in [-0.1, -0.05) is 0 Å². The van der Waals surface area contributed by atoms with E-state index >= 15 is 0 Å². The van der Waals surface area contributed by atoms with Gasteiger partial charge in [-0.05, 0) is 18.2 Å². The Hall–Kier alpha value is -2.16. The van der Waals surface area contributed by atoms with Crippen LogP contribution < -0.4 is 11.1 Å². The van der Waals surface area contributed by atoms with Crippen molar-refractivity contribution in [2.75, 3.05) is 25.6 Å². The molecule has 0 bridgehead atoms. The van der Waals surface area contributed by atoms with E-state index in [0.717, 1.165) is 6.07 Å². The van der Waals surface area contributed by atoms with Crippen molar-refractivity contribution < 1.29 is 30.0 Å². The Balaban J connectivity index is 3.06. The van der Waals surface area contributed by atoms with Gasteiger partial charge in [0, 0.05) is 11.3 Å². The van der Waals surface area contributed by atoms with Gasteiger partial charge in [-0.25, -0.2) is 4.79 Å². The average molecular weight is 284 g/mol. The standard InChI is InChI=1S/C12H16N2O6/c13-9-2-7(1-8(3-9)11(19)20)10(18)14-12(4-15,5-16)6-17/h1-3,15-17H,4-6,13H2,(H,14,18)(H,19,20). The topological polar surface area (TPSA) is 153 Å². The first-order chi connectivity index (χ1) is 9.37. The second kappa shape index (κ2) is 6.33. The molecule has 0 aromatic heterocycles. The van der Waals surface area contributed by atoms with Crippen molar-refractivity contribution in [2.24, 2.45) is 0 Å². The van der Waals surface area contributed by atoms with Gasteiger partial charge in [-0.2, -0.15) is 0 Å². The lowest BCUT2D eigenvalue weighted by atomic mass is 10.0. The SMILES string of the molecule is Nc1cc(C(=O)O)cc(C(=O)NC(CO)(CO)CO)c1. The predicted octanol–water partition coefficient (Wildman–Crippen LogP) is -1.59. The van der Waals surface area contributed by atoms with Crippen LogP contribution in [0.4, 0.5) is 5.69 Å². The van der Waals surface area contributed by atoms with E-state index in [1.165, 1.54) is 12.1 Å². The van der Waals surface area contributed by atoms with Gasteiger partial charge in [0.05, 0.1) is 25.4 Å². The van der Waals surface area contributed by atoms with E-state index in [2.05, 4.69) is 5.32 Å². The number of carboxylic acids is 1. The lowest BCUT2D eigenvalue weighted by Gasteiger charge is -2.28. The molecule has 1 aromatic rings. The first-order valence-electron chi connectivity index (χ1n) is 5.66. The summed E-state index contributed by atoms with van der Waals surface area (Å²) < 4.78 is 0. The highest BCUT2D eigenvalue weighted by Crippen LogP contribution is 2.13. The Morgan fingerprint density at radius 1 is 1.05 bits per heavy atom. The highest BCUT2D eigenvalue weighted by atomic mass is 16.4. The molecule has 20 heavy (non-hydrogen) atoms. The van der Waals surface area contributed by atoms with E-state index in [0.29, 0.717) is 0 Å². The number of nitrogens with two attached hydrogens (primary N) is 1. The molecule has 0 saturated heterocycles. The normalized spacial score (nSPS) is 11.2. The summed E-state index contributed by atoms with van der Waals surface area (Å²) in [7, 11) is 0. The summed E-state index contributed by atoms with van der Waals surface area (Å²) in [6, 6.07) is 3.54. The minimum Gasteiger partial charge on any atom is -0.478 e. The number of nitrogen functional groups attached to an aromatic ring is 1. The molecule has 0 aliphatic rings. The van der Waals surface area contributed by atoms with Gasteiger partial charge < -0.3 is 31.5 Å². The third kappa shape index (κ3) is 3.44. The number of rotatable bonds is 6. The van der Waals surface area contributed by atoms with Crippen molar-refractivity contribution in [3.05, 3.63) is 29.3 Å². The van der Waals surface area contributed by atoms with Crippen LogP contribution in [-0.4, -0.2) is 57.7 Å². The number of hydrogen-bond donors (Lipinski definition) is 6. The Morgan fingerprint density at radius 3 is 2.00 bits per heavy atom. The summed E-state index contributed by atoms with van der Waals surface area (Å²) in [5, 5.41) is 38.5. The number of benzene rings is 1. The molecule has 0 unspecified atom stereocenters. The van der Waals surface area contributed by atoms with Crippen molar-refractivity contribution in [3.63, 3.8) is 0 Å². The van der Waals surface area contributed by atoms with Crippen LogP contribution in [0.3, 0.4) is 0 Å². The second-order valence-corrected chi connectivity index (χ2v) is 4.36. The van der Waals surface area contributed by atoms with Crippen molar-refractivity contribution in [3.8, 4) is 0 Å². The van der Waals surface area contributed by atoms with Gasteiger partial charge in [-0.15, -0.1) is 0 Å². The van der Waals surface area contributed by atoms with Crippen molar-refractivity contribution >= 4 is 17.6 Å². The zero-order valence-corrected chi connectivity index (χ0v) is 10.5. The fourth-order valence-electron chi connectivity index (χ4n) is 1.49. The van der Waals surface area contributed by atoms with E-state index in [9.17, 15) is 9.59 Å². The molecule has 0 aliphatic heterocycles. The highest BCUT2D eigenvalue weighted by molar-refractivity contribution is 5.99. The quantitative estimate of drug-likeness (QED) is 0.344. The van der Waals surface area contributed by atoms with Crippen molar-refractivity contribution in [1.82, 2.24) is 5.32 Å². The molecule has 110 valence electrons. The van der Waals surface area contributed by atoms with Crippen LogP contribution in [0.2, 0.25) is 0 Å². The third-order valence-electron chi connectivity index (χ3n) is 2.75. The highest BCUT2D eigenvalue weighted by Gasteiger charge is 2.30. The molecule has 0 atom stereocenters. The van der Waals surface area contributed by atoms with Gasteiger partial charge in [0.2, 0.25) is 0 Å². The maximum Gasteiger partial charge on any atom is 0.335 e. The van der Waals surface area contributed by atoms with E-state index in [1.54, 1.807) is 0 Å². The molecule has 1 aromatic carbocycles. The van der Waals surface area contributed by atoms with Gasteiger partial charge in [0.15, 0.2) is 0 Å². The average Bonchev–Trinajstić information content (AvgIpc) is 2.44. The van der Waals surface area contributed by atoms with Gasteiger partial charge >= 0.3 is 5.97 Å². The van der Waals surface area contributed by atoms with Crippen LogP contribution in [0.15, 0.2) is 18.2 Å². The Morgan fingerprint density at radius 2 is 1.55 bits per heavy atom. The third-order valence-corrected chi connectivity index (χ3v) is 2.75. The molecule has 8 heteroatoms. The number of hydrogen-bond acceptors (Lipinski definition) is 6. The van der Waals surface area contributed by atoms with E-state index in [1.807, 2.05) is 0 Å². The van der Waals surface area contributed by atoms with Crippen LogP contribution in [0.5, 0.6) is 0 Å². The maximum absolute atomic E-state index is 12.0. The first kappa shape index (κ1) is 15.9. The molecule has 0 aliphatic carbocycles. The molecular weight excluding hydrogens is 268 g/mol. The number of carbonyl (C=O) groups excluding carboxylic acids is 1. The zero-order valence-electron chi connectivity index (χ0n) is 10.5. The number of anilines is 1. The first-order valence-corrected chi connectivity index (χ1v) is 5.66. The summed E-state index contributed by atoms with van der Waals surface area (Å²) in [4.78, 5) is 22.8. The second-order valence-electron chi connectivity index (χ2n) is 4.36. The lowest BCUT2D eigenvalue weighted by molar-refractivity contribution is 0.0375. The number of aliphatic hydroxyl groups excluding tert-OH is 3. The smallest absolute Gasteiger partial charge is 0.335 e. The van der Waals surface area contributed by atoms with Crippen LogP contribution in [0.1, 0.15) is 20.7 Å². The van der Waals surface area contributed by atoms with Crippen LogP contribution in [0, 0.1) is 0 Å². The summed E-state index contributed by atoms with van der Waals surface area (Å²) in [5.41, 5.74) is 3.77. The number of amides is 1. The maximum atomic E-state index is 12.0. The summed E-state index contributed by atoms with van der Waals surface area (Å²) in [6.45, 7) is -2.04. The number of aliphatic hydroxyl groups is 3. The molecule has 8 nitrogen and oxygen atoms in total. The molecular formula is C12H16N2O6. The Kier molecular flexibility index (Phi) is 5.03.